The molecule has 6 atom stereocenters. The second-order valence-electron chi connectivity index (χ2n) is 13.9. The maximum absolute atomic E-state index is 14.3. The summed E-state index contributed by atoms with van der Waals surface area (Å²) in [4.78, 5) is 85.1. The number of nitrogens with zero attached hydrogens (tertiary/aromatic N) is 8. The van der Waals surface area contributed by atoms with Crippen LogP contribution in [-0.2, 0) is 42.9 Å². The molecule has 21 nitrogen and oxygen atoms in total. The summed E-state index contributed by atoms with van der Waals surface area (Å²) in [6.07, 6.45) is 2.02. The molecule has 310 valence electrons. The molecule has 1 saturated carbocycles. The topological polar surface area (TPSA) is 259 Å². The number of rotatable bonds is 12. The lowest BCUT2D eigenvalue weighted by molar-refractivity contribution is -0.384. The number of aromatic nitrogens is 5. The monoisotopic (exact) mass is 816 g/mol. The molecule has 3 aromatic heterocycles. The molecule has 1 amide bonds. The van der Waals surface area contributed by atoms with Crippen LogP contribution in [0.15, 0.2) is 49.2 Å². The first-order valence-electron chi connectivity index (χ1n) is 18.4. The van der Waals surface area contributed by atoms with Gasteiger partial charge in [-0.2, -0.15) is 10.4 Å². The van der Waals surface area contributed by atoms with Crippen molar-refractivity contribution in [2.75, 3.05) is 19.1 Å². The van der Waals surface area contributed by atoms with Crippen molar-refractivity contribution in [3.05, 3.63) is 59.3 Å². The Balaban J connectivity index is 1.36. The van der Waals surface area contributed by atoms with Crippen molar-refractivity contribution in [1.29, 1.82) is 5.26 Å². The maximum Gasteiger partial charge on any atom is 0.339 e. The Hall–Kier alpha value is -6.95. The summed E-state index contributed by atoms with van der Waals surface area (Å²) in [6, 6.07) is 6.31. The third-order valence-electron chi connectivity index (χ3n) is 10.0. The van der Waals surface area contributed by atoms with E-state index in [9.17, 15) is 39.3 Å². The third-order valence-corrected chi connectivity index (χ3v) is 10.0. The molecule has 0 N–H and O–H groups in total. The van der Waals surface area contributed by atoms with E-state index < -0.39 is 71.2 Å². The molecular formula is C38H40N8O13. The average molecular weight is 817 g/mol. The zero-order valence-electron chi connectivity index (χ0n) is 32.6. The van der Waals surface area contributed by atoms with Crippen molar-refractivity contribution in [3.8, 4) is 23.1 Å². The van der Waals surface area contributed by atoms with E-state index in [1.807, 2.05) is 6.20 Å². The van der Waals surface area contributed by atoms with Crippen LogP contribution in [0.25, 0.3) is 22.3 Å². The fraction of sp³-hybridized carbons (Fsp3) is 0.447. The second-order valence-corrected chi connectivity index (χ2v) is 13.9. The molecule has 4 heterocycles. The van der Waals surface area contributed by atoms with Crippen LogP contribution in [0.3, 0.4) is 0 Å². The van der Waals surface area contributed by atoms with Gasteiger partial charge in [0.1, 0.15) is 12.1 Å². The Labute approximate surface area is 335 Å². The van der Waals surface area contributed by atoms with E-state index in [0.717, 1.165) is 76.7 Å². The molecule has 0 unspecified atom stereocenters. The predicted octanol–water partition coefficient (Wildman–Crippen LogP) is 4.02. The Bertz CT molecular complexity index is 2310. The zero-order valence-corrected chi connectivity index (χ0v) is 32.6. The highest BCUT2D eigenvalue weighted by molar-refractivity contribution is 6.02. The SMILES string of the molecule is COC(=O)[C@H]1O[C@@H](Oc2ccc([N+](=O)[O-])cc2N(C)C(=O)n2ccc3c(-c4cnn([C@H](CC#N)C5CCCC5)c4)ncnc32)[C@H](OC(C)=O)[C@@H](OC(C)=O)[C@@H]1OC(C)=O. The Morgan fingerprint density at radius 1 is 1.02 bits per heavy atom. The molecule has 0 radical (unpaired) electrons. The van der Waals surface area contributed by atoms with Crippen molar-refractivity contribution in [3.63, 3.8) is 0 Å². The summed E-state index contributed by atoms with van der Waals surface area (Å²) >= 11 is 0. The Morgan fingerprint density at radius 2 is 1.69 bits per heavy atom. The van der Waals surface area contributed by atoms with Crippen LogP contribution in [0.4, 0.5) is 16.2 Å². The number of fused-ring (bicyclic) bond motifs is 1. The molecule has 1 aromatic carbocycles. The molecular weight excluding hydrogens is 776 g/mol. The summed E-state index contributed by atoms with van der Waals surface area (Å²) in [5.41, 5.74) is 0.651. The van der Waals surface area contributed by atoms with Gasteiger partial charge in [-0.3, -0.25) is 38.6 Å². The number of methoxy groups -OCH3 is 1. The van der Waals surface area contributed by atoms with E-state index in [1.54, 1.807) is 16.9 Å². The lowest BCUT2D eigenvalue weighted by atomic mass is 9.96. The Morgan fingerprint density at radius 3 is 2.34 bits per heavy atom. The Kier molecular flexibility index (Phi) is 12.5. The molecule has 1 aliphatic carbocycles. The highest BCUT2D eigenvalue weighted by atomic mass is 16.7. The molecule has 2 aliphatic rings. The number of non-ortho nitro benzene ring substituents is 1. The summed E-state index contributed by atoms with van der Waals surface area (Å²) in [7, 11) is 2.33. The summed E-state index contributed by atoms with van der Waals surface area (Å²) in [5.74, 6) is -3.74. The molecule has 59 heavy (non-hydrogen) atoms. The first-order valence-corrected chi connectivity index (χ1v) is 18.4. The third kappa shape index (κ3) is 8.81. The number of hydrogen-bond donors (Lipinski definition) is 0. The largest absolute Gasteiger partial charge is 0.467 e. The zero-order chi connectivity index (χ0) is 42.5. The number of carbonyl (C=O) groups excluding carboxylic acids is 5. The molecule has 1 saturated heterocycles. The van der Waals surface area contributed by atoms with Gasteiger partial charge in [-0.1, -0.05) is 12.8 Å². The molecule has 1 aliphatic heterocycles. The van der Waals surface area contributed by atoms with Crippen LogP contribution >= 0.6 is 0 Å². The van der Waals surface area contributed by atoms with Crippen molar-refractivity contribution in [1.82, 2.24) is 24.3 Å². The van der Waals surface area contributed by atoms with E-state index in [4.69, 9.17) is 28.4 Å². The van der Waals surface area contributed by atoms with E-state index in [-0.39, 0.29) is 23.1 Å². The van der Waals surface area contributed by atoms with Gasteiger partial charge in [-0.05, 0) is 30.9 Å². The molecule has 2 fully saturated rings. The first kappa shape index (κ1) is 41.7. The van der Waals surface area contributed by atoms with Gasteiger partial charge >= 0.3 is 29.9 Å². The molecule has 6 rings (SSSR count). The lowest BCUT2D eigenvalue weighted by Gasteiger charge is -2.43. The highest BCUT2D eigenvalue weighted by Gasteiger charge is 2.56. The highest BCUT2D eigenvalue weighted by Crippen LogP contribution is 2.39. The van der Waals surface area contributed by atoms with Crippen LogP contribution in [0.1, 0.15) is 58.9 Å². The second kappa shape index (κ2) is 17.7. The fourth-order valence-electron chi connectivity index (χ4n) is 7.43. The molecule has 0 spiro atoms. The predicted molar refractivity (Wildman–Crippen MR) is 200 cm³/mol. The van der Waals surface area contributed by atoms with E-state index in [0.29, 0.717) is 29.0 Å². The summed E-state index contributed by atoms with van der Waals surface area (Å²) in [6.45, 7) is 3.08. The minimum Gasteiger partial charge on any atom is -0.467 e. The van der Waals surface area contributed by atoms with Crippen LogP contribution in [0.5, 0.6) is 5.75 Å². The number of ether oxygens (including phenoxy) is 6. The minimum absolute atomic E-state index is 0.0998. The van der Waals surface area contributed by atoms with Crippen LogP contribution in [-0.4, -0.2) is 104 Å². The number of anilines is 1. The van der Waals surface area contributed by atoms with Crippen molar-refractivity contribution in [2.45, 2.75) is 89.6 Å². The fourth-order valence-corrected chi connectivity index (χ4v) is 7.43. The van der Waals surface area contributed by atoms with Gasteiger partial charge in [0.25, 0.3) is 5.69 Å². The first-order chi connectivity index (χ1) is 28.2. The van der Waals surface area contributed by atoms with Crippen LogP contribution in [0.2, 0.25) is 0 Å². The number of hydrogen-bond acceptors (Lipinski definition) is 17. The van der Waals surface area contributed by atoms with Crippen molar-refractivity contribution < 1.29 is 57.3 Å². The number of amides is 1. The number of carbonyl (C=O) groups is 5. The molecule has 0 bridgehead atoms. The number of nitriles is 1. The van der Waals surface area contributed by atoms with Gasteiger partial charge in [0, 0.05) is 63.3 Å². The smallest absolute Gasteiger partial charge is 0.339 e. The normalized spacial score (nSPS) is 20.8. The van der Waals surface area contributed by atoms with Gasteiger partial charge in [0.05, 0.1) is 48.1 Å². The lowest BCUT2D eigenvalue weighted by Crippen LogP contribution is -2.64. The number of benzene rings is 1. The standard InChI is InChI=1S/C38H40N8O13/c1-20(47)55-31-32(56-21(2)48)34(57-22(3)49)37(59-33(31)36(50)54-5)58-29-11-10-25(46(52)53)16-28(29)43(4)38(51)44-15-13-26-30(40-19-41-35(26)44)24-17-42-45(18-24)27(12-14-39)23-8-6-7-9-23/h10-11,13,15-19,23,27,31-34,37H,6-9,12H2,1-5H3/t27-,31+,32+,33+,34-,37-/m1/s1. The van der Waals surface area contributed by atoms with Crippen LogP contribution in [0, 0.1) is 27.4 Å². The van der Waals surface area contributed by atoms with Gasteiger partial charge in [0.2, 0.25) is 12.4 Å². The van der Waals surface area contributed by atoms with Crippen molar-refractivity contribution in [2.24, 2.45) is 5.92 Å². The summed E-state index contributed by atoms with van der Waals surface area (Å²) < 4.78 is 36.0. The molecule has 4 aromatic rings. The quantitative estimate of drug-likeness (QED) is 0.0846. The number of nitro groups is 1. The molecule has 21 heteroatoms. The van der Waals surface area contributed by atoms with E-state index in [2.05, 4.69) is 21.1 Å². The van der Waals surface area contributed by atoms with Gasteiger partial charge in [-0.25, -0.2) is 19.6 Å². The number of nitro benzene ring substituents is 1. The van der Waals surface area contributed by atoms with Crippen molar-refractivity contribution >= 4 is 52.3 Å². The van der Waals surface area contributed by atoms with Gasteiger partial charge in [0.15, 0.2) is 24.0 Å². The van der Waals surface area contributed by atoms with E-state index >= 15 is 0 Å². The average Bonchev–Trinajstić information content (AvgIpc) is 4.00. The minimum atomic E-state index is -1.83. The van der Waals surface area contributed by atoms with Gasteiger partial charge in [-0.15, -0.1) is 0 Å². The van der Waals surface area contributed by atoms with Gasteiger partial charge < -0.3 is 28.4 Å². The maximum atomic E-state index is 14.3. The van der Waals surface area contributed by atoms with Crippen LogP contribution < -0.4 is 9.64 Å². The summed E-state index contributed by atoms with van der Waals surface area (Å²) in [5, 5.41) is 26.6. The van der Waals surface area contributed by atoms with E-state index in [1.165, 1.54) is 24.1 Å². The number of esters is 4.